The van der Waals surface area contributed by atoms with Crippen LogP contribution in [0.1, 0.15) is 15.9 Å². The van der Waals surface area contributed by atoms with Gasteiger partial charge in [-0.25, -0.2) is 0 Å². The number of benzene rings is 2. The van der Waals surface area contributed by atoms with Crippen molar-refractivity contribution >= 4 is 17.9 Å². The Labute approximate surface area is 121 Å². The minimum Gasteiger partial charge on any atom is -0.484 e. The molecule has 0 saturated carbocycles. The first-order valence-electron chi connectivity index (χ1n) is 6.19. The molecule has 5 heteroatoms. The molecule has 0 aromatic heterocycles. The first kappa shape index (κ1) is 14.3. The number of amides is 1. The van der Waals surface area contributed by atoms with Crippen molar-refractivity contribution in [2.75, 3.05) is 11.9 Å². The molecule has 0 atom stereocenters. The molecule has 5 nitrogen and oxygen atoms in total. The summed E-state index contributed by atoms with van der Waals surface area (Å²) in [7, 11) is 0. The van der Waals surface area contributed by atoms with Crippen molar-refractivity contribution in [1.82, 2.24) is 0 Å². The van der Waals surface area contributed by atoms with Gasteiger partial charge < -0.3 is 10.1 Å². The van der Waals surface area contributed by atoms with E-state index in [2.05, 4.69) is 5.32 Å². The highest BCUT2D eigenvalue weighted by molar-refractivity contribution is 5.91. The molecule has 0 radical (unpaired) electrons. The summed E-state index contributed by atoms with van der Waals surface area (Å²) in [6, 6.07) is 15.0. The van der Waals surface area contributed by atoms with E-state index in [9.17, 15) is 9.59 Å². The number of carbonyl (C=O) groups excluding carboxylic acids is 2. The van der Waals surface area contributed by atoms with E-state index in [0.717, 1.165) is 6.29 Å². The Morgan fingerprint density at radius 1 is 1.14 bits per heavy atom. The Balaban J connectivity index is 1.86. The van der Waals surface area contributed by atoms with Crippen LogP contribution >= 0.6 is 0 Å². The normalized spacial score (nSPS) is 9.48. The predicted molar refractivity (Wildman–Crippen MR) is 77.1 cm³/mol. The van der Waals surface area contributed by atoms with E-state index in [-0.39, 0.29) is 12.5 Å². The van der Waals surface area contributed by atoms with Crippen molar-refractivity contribution in [2.45, 2.75) is 0 Å². The Morgan fingerprint density at radius 2 is 1.81 bits per heavy atom. The molecular formula is C16H12N2O3. The number of nitrogens with zero attached hydrogens (tertiary/aromatic N) is 1. The van der Waals surface area contributed by atoms with Crippen molar-refractivity contribution in [3.63, 3.8) is 0 Å². The second-order valence-electron chi connectivity index (χ2n) is 4.21. The maximum atomic E-state index is 11.7. The lowest BCUT2D eigenvalue weighted by Gasteiger charge is -2.07. The quantitative estimate of drug-likeness (QED) is 0.853. The van der Waals surface area contributed by atoms with Crippen LogP contribution < -0.4 is 10.1 Å². The fraction of sp³-hybridized carbons (Fsp3) is 0.0625. The maximum absolute atomic E-state index is 11.7. The number of aldehydes is 1. The van der Waals surface area contributed by atoms with Gasteiger partial charge in [-0.3, -0.25) is 9.59 Å². The Kier molecular flexibility index (Phi) is 4.67. The van der Waals surface area contributed by atoms with Gasteiger partial charge in [-0.2, -0.15) is 5.26 Å². The van der Waals surface area contributed by atoms with Crippen molar-refractivity contribution in [1.29, 1.82) is 5.26 Å². The van der Waals surface area contributed by atoms with E-state index in [1.54, 1.807) is 48.5 Å². The molecule has 1 amide bonds. The van der Waals surface area contributed by atoms with Gasteiger partial charge in [0, 0.05) is 11.3 Å². The Hall–Kier alpha value is -3.13. The first-order chi connectivity index (χ1) is 10.2. The summed E-state index contributed by atoms with van der Waals surface area (Å²) in [6.45, 7) is -0.138. The maximum Gasteiger partial charge on any atom is 0.262 e. The van der Waals surface area contributed by atoms with E-state index in [1.807, 2.05) is 6.07 Å². The summed E-state index contributed by atoms with van der Waals surface area (Å²) in [5.74, 6) is 0.203. The second kappa shape index (κ2) is 6.87. The van der Waals surface area contributed by atoms with E-state index < -0.39 is 0 Å². The highest BCUT2D eigenvalue weighted by Gasteiger charge is 2.04. The number of ether oxygens (including phenoxy) is 1. The molecule has 0 heterocycles. The summed E-state index contributed by atoms with van der Waals surface area (Å²) in [6.07, 6.45) is 0.737. The van der Waals surface area contributed by atoms with Gasteiger partial charge in [0.15, 0.2) is 6.61 Å². The van der Waals surface area contributed by atoms with Crippen molar-refractivity contribution in [2.24, 2.45) is 0 Å². The first-order valence-corrected chi connectivity index (χ1v) is 6.19. The molecule has 2 rings (SSSR count). The molecule has 1 N–H and O–H groups in total. The number of hydrogen-bond donors (Lipinski definition) is 1. The fourth-order valence-corrected chi connectivity index (χ4v) is 1.62. The molecule has 0 fully saturated rings. The van der Waals surface area contributed by atoms with Gasteiger partial charge in [0.2, 0.25) is 0 Å². The van der Waals surface area contributed by atoms with E-state index in [0.29, 0.717) is 22.6 Å². The van der Waals surface area contributed by atoms with Crippen LogP contribution in [0, 0.1) is 11.3 Å². The molecule has 21 heavy (non-hydrogen) atoms. The monoisotopic (exact) mass is 280 g/mol. The molecule has 0 bridgehead atoms. The van der Waals surface area contributed by atoms with E-state index in [4.69, 9.17) is 10.00 Å². The number of anilines is 1. The predicted octanol–water partition coefficient (Wildman–Crippen LogP) is 2.39. The minimum atomic E-state index is -0.306. The van der Waals surface area contributed by atoms with Gasteiger partial charge in [-0.05, 0) is 48.5 Å². The molecular weight excluding hydrogens is 268 g/mol. The van der Waals surface area contributed by atoms with Crippen LogP contribution in [0.4, 0.5) is 5.69 Å². The highest BCUT2D eigenvalue weighted by atomic mass is 16.5. The third-order valence-electron chi connectivity index (χ3n) is 2.68. The van der Waals surface area contributed by atoms with Gasteiger partial charge in [-0.15, -0.1) is 0 Å². The van der Waals surface area contributed by atoms with Gasteiger partial charge in [0.05, 0.1) is 11.6 Å². The number of carbonyl (C=O) groups is 2. The molecule has 0 aliphatic heterocycles. The standard InChI is InChI=1S/C16H12N2O3/c17-9-12-1-5-14(6-2-12)18-16(20)11-21-15-7-3-13(10-19)4-8-15/h1-8,10H,11H2,(H,18,20). The zero-order valence-corrected chi connectivity index (χ0v) is 11.1. The Morgan fingerprint density at radius 3 is 2.38 bits per heavy atom. The van der Waals surface area contributed by atoms with Gasteiger partial charge in [0.1, 0.15) is 12.0 Å². The van der Waals surface area contributed by atoms with E-state index >= 15 is 0 Å². The number of hydrogen-bond acceptors (Lipinski definition) is 4. The number of rotatable bonds is 5. The van der Waals surface area contributed by atoms with Crippen LogP contribution in [0.5, 0.6) is 5.75 Å². The molecule has 0 aliphatic carbocycles. The number of nitrogens with one attached hydrogen (secondary N) is 1. The van der Waals surface area contributed by atoms with Crippen LogP contribution in [0.3, 0.4) is 0 Å². The highest BCUT2D eigenvalue weighted by Crippen LogP contribution is 2.12. The van der Waals surface area contributed by atoms with Crippen molar-refractivity contribution < 1.29 is 14.3 Å². The zero-order valence-electron chi connectivity index (χ0n) is 11.1. The molecule has 104 valence electrons. The molecule has 2 aromatic carbocycles. The summed E-state index contributed by atoms with van der Waals surface area (Å²) < 4.78 is 5.30. The van der Waals surface area contributed by atoms with Gasteiger partial charge in [-0.1, -0.05) is 0 Å². The minimum absolute atomic E-state index is 0.138. The average Bonchev–Trinajstić information content (AvgIpc) is 2.54. The van der Waals surface area contributed by atoms with Crippen molar-refractivity contribution in [3.8, 4) is 11.8 Å². The van der Waals surface area contributed by atoms with Crippen LogP contribution in [-0.2, 0) is 4.79 Å². The lowest BCUT2D eigenvalue weighted by molar-refractivity contribution is -0.118. The van der Waals surface area contributed by atoms with Crippen LogP contribution in [0.25, 0.3) is 0 Å². The van der Waals surface area contributed by atoms with Gasteiger partial charge in [0.25, 0.3) is 5.91 Å². The summed E-state index contributed by atoms with van der Waals surface area (Å²) in [4.78, 5) is 22.2. The zero-order chi connectivity index (χ0) is 15.1. The molecule has 0 spiro atoms. The third kappa shape index (κ3) is 4.18. The summed E-state index contributed by atoms with van der Waals surface area (Å²) in [5, 5.41) is 11.3. The topological polar surface area (TPSA) is 79.2 Å². The van der Waals surface area contributed by atoms with Gasteiger partial charge >= 0.3 is 0 Å². The van der Waals surface area contributed by atoms with Crippen LogP contribution in [0.2, 0.25) is 0 Å². The fourth-order valence-electron chi connectivity index (χ4n) is 1.62. The van der Waals surface area contributed by atoms with E-state index in [1.165, 1.54) is 0 Å². The number of nitriles is 1. The molecule has 0 aliphatic rings. The Bertz CT molecular complexity index is 670. The summed E-state index contributed by atoms with van der Waals surface area (Å²) >= 11 is 0. The molecule has 0 unspecified atom stereocenters. The largest absolute Gasteiger partial charge is 0.484 e. The lowest BCUT2D eigenvalue weighted by Crippen LogP contribution is -2.20. The van der Waals surface area contributed by atoms with Crippen LogP contribution in [0.15, 0.2) is 48.5 Å². The third-order valence-corrected chi connectivity index (χ3v) is 2.68. The smallest absolute Gasteiger partial charge is 0.262 e. The van der Waals surface area contributed by atoms with Crippen molar-refractivity contribution in [3.05, 3.63) is 59.7 Å². The van der Waals surface area contributed by atoms with Crippen LogP contribution in [-0.4, -0.2) is 18.8 Å². The SMILES string of the molecule is N#Cc1ccc(NC(=O)COc2ccc(C=O)cc2)cc1. The summed E-state index contributed by atoms with van der Waals surface area (Å²) in [5.41, 5.74) is 1.67. The molecule has 2 aromatic rings. The lowest BCUT2D eigenvalue weighted by atomic mass is 10.2. The molecule has 0 saturated heterocycles. The second-order valence-corrected chi connectivity index (χ2v) is 4.21. The average molecular weight is 280 g/mol.